The number of rotatable bonds is 9. The SMILES string of the molecule is CC(C)=CCC/C(C)=C/CC/C(C)=C/COc1ccccc1. The van der Waals surface area contributed by atoms with Gasteiger partial charge in [0.15, 0.2) is 0 Å². The number of allylic oxidation sites excluding steroid dienone is 5. The molecule has 0 saturated carbocycles. The Kier molecular flexibility index (Phi) is 9.06. The summed E-state index contributed by atoms with van der Waals surface area (Å²) in [4.78, 5) is 0. The molecule has 0 bridgehead atoms. The Morgan fingerprint density at radius 2 is 1.41 bits per heavy atom. The molecule has 1 aromatic rings. The fourth-order valence-corrected chi connectivity index (χ4v) is 2.14. The topological polar surface area (TPSA) is 9.23 Å². The number of hydrogen-bond acceptors (Lipinski definition) is 1. The number of benzene rings is 1. The van der Waals surface area contributed by atoms with E-state index in [0.717, 1.165) is 25.0 Å². The highest BCUT2D eigenvalue weighted by molar-refractivity contribution is 5.21. The first-order valence-corrected chi connectivity index (χ1v) is 8.20. The zero-order valence-electron chi connectivity index (χ0n) is 14.6. The first-order valence-electron chi connectivity index (χ1n) is 8.20. The van der Waals surface area contributed by atoms with Crippen LogP contribution < -0.4 is 4.74 Å². The fourth-order valence-electron chi connectivity index (χ4n) is 2.14. The maximum atomic E-state index is 5.68. The van der Waals surface area contributed by atoms with Crippen molar-refractivity contribution in [1.82, 2.24) is 0 Å². The van der Waals surface area contributed by atoms with Gasteiger partial charge >= 0.3 is 0 Å². The lowest BCUT2D eigenvalue weighted by Gasteiger charge is -2.04. The van der Waals surface area contributed by atoms with Crippen molar-refractivity contribution in [3.8, 4) is 5.75 Å². The molecule has 0 saturated heterocycles. The summed E-state index contributed by atoms with van der Waals surface area (Å²) >= 11 is 0. The molecule has 0 aliphatic carbocycles. The highest BCUT2D eigenvalue weighted by Crippen LogP contribution is 2.12. The van der Waals surface area contributed by atoms with Crippen molar-refractivity contribution >= 4 is 0 Å². The molecule has 120 valence electrons. The summed E-state index contributed by atoms with van der Waals surface area (Å²) < 4.78 is 5.68. The van der Waals surface area contributed by atoms with E-state index >= 15 is 0 Å². The Hall–Kier alpha value is -1.76. The van der Waals surface area contributed by atoms with Crippen LogP contribution in [0.3, 0.4) is 0 Å². The Bertz CT molecular complexity index is 502. The van der Waals surface area contributed by atoms with Crippen LogP contribution in [0.5, 0.6) is 5.75 Å². The summed E-state index contributed by atoms with van der Waals surface area (Å²) in [7, 11) is 0. The molecule has 0 N–H and O–H groups in total. The molecule has 0 fully saturated rings. The molecule has 1 rings (SSSR count). The molecule has 0 amide bonds. The molecule has 0 aliphatic rings. The van der Waals surface area contributed by atoms with Crippen LogP contribution >= 0.6 is 0 Å². The Labute approximate surface area is 136 Å². The largest absolute Gasteiger partial charge is 0.490 e. The molecule has 0 atom stereocenters. The standard InChI is InChI=1S/C21H30O/c1-18(2)10-8-11-19(3)12-9-13-20(4)16-17-22-21-14-6-5-7-15-21/h5-7,10,12,14-16H,8-9,11,13,17H2,1-4H3/b19-12+,20-16+. The second kappa shape index (κ2) is 10.9. The quantitative estimate of drug-likeness (QED) is 0.474. The third-order valence-corrected chi connectivity index (χ3v) is 3.55. The lowest BCUT2D eigenvalue weighted by molar-refractivity contribution is 0.361. The second-order valence-corrected chi connectivity index (χ2v) is 6.08. The summed E-state index contributed by atoms with van der Waals surface area (Å²) in [6, 6.07) is 9.97. The molecule has 22 heavy (non-hydrogen) atoms. The fraction of sp³-hybridized carbons (Fsp3) is 0.429. The van der Waals surface area contributed by atoms with Crippen LogP contribution in [-0.4, -0.2) is 6.61 Å². The van der Waals surface area contributed by atoms with Crippen molar-refractivity contribution in [3.63, 3.8) is 0 Å². The van der Waals surface area contributed by atoms with Crippen LogP contribution in [0.1, 0.15) is 53.4 Å². The van der Waals surface area contributed by atoms with Crippen LogP contribution in [0, 0.1) is 0 Å². The van der Waals surface area contributed by atoms with Gasteiger partial charge in [0.05, 0.1) is 0 Å². The Morgan fingerprint density at radius 3 is 2.05 bits per heavy atom. The number of para-hydroxylation sites is 1. The van der Waals surface area contributed by atoms with E-state index in [0.29, 0.717) is 6.61 Å². The molecule has 0 unspecified atom stereocenters. The van der Waals surface area contributed by atoms with E-state index in [1.807, 2.05) is 30.3 Å². The summed E-state index contributed by atoms with van der Waals surface area (Å²) in [6.45, 7) is 9.38. The summed E-state index contributed by atoms with van der Waals surface area (Å²) in [5, 5.41) is 0. The van der Waals surface area contributed by atoms with Gasteiger partial charge in [0.1, 0.15) is 12.4 Å². The minimum Gasteiger partial charge on any atom is -0.490 e. The van der Waals surface area contributed by atoms with Gasteiger partial charge in [-0.3, -0.25) is 0 Å². The van der Waals surface area contributed by atoms with E-state index in [4.69, 9.17) is 4.74 Å². The van der Waals surface area contributed by atoms with Crippen LogP contribution in [0.15, 0.2) is 65.3 Å². The van der Waals surface area contributed by atoms with Gasteiger partial charge in [0.25, 0.3) is 0 Å². The zero-order chi connectivity index (χ0) is 16.2. The van der Waals surface area contributed by atoms with Crippen molar-refractivity contribution in [1.29, 1.82) is 0 Å². The van der Waals surface area contributed by atoms with E-state index in [1.54, 1.807) is 0 Å². The average molecular weight is 298 g/mol. The van der Waals surface area contributed by atoms with Gasteiger partial charge in [-0.25, -0.2) is 0 Å². The highest BCUT2D eigenvalue weighted by atomic mass is 16.5. The monoisotopic (exact) mass is 298 g/mol. The van der Waals surface area contributed by atoms with E-state index in [2.05, 4.69) is 45.9 Å². The molecule has 0 heterocycles. The van der Waals surface area contributed by atoms with Gasteiger partial charge in [-0.1, -0.05) is 47.1 Å². The predicted molar refractivity (Wildman–Crippen MR) is 97.4 cm³/mol. The van der Waals surface area contributed by atoms with Crippen molar-refractivity contribution in [2.75, 3.05) is 6.61 Å². The lowest BCUT2D eigenvalue weighted by Crippen LogP contribution is -1.94. The van der Waals surface area contributed by atoms with E-state index in [-0.39, 0.29) is 0 Å². The predicted octanol–water partition coefficient (Wildman–Crippen LogP) is 6.48. The minimum atomic E-state index is 0.652. The molecule has 0 radical (unpaired) electrons. The normalized spacial score (nSPS) is 12.2. The smallest absolute Gasteiger partial charge is 0.119 e. The van der Waals surface area contributed by atoms with E-state index < -0.39 is 0 Å². The van der Waals surface area contributed by atoms with Gasteiger partial charge in [0.2, 0.25) is 0 Å². The molecule has 0 spiro atoms. The molecular weight excluding hydrogens is 268 g/mol. The van der Waals surface area contributed by atoms with Gasteiger partial charge in [-0.2, -0.15) is 0 Å². The van der Waals surface area contributed by atoms with Gasteiger partial charge in [0, 0.05) is 0 Å². The van der Waals surface area contributed by atoms with Crippen LogP contribution in [0.4, 0.5) is 0 Å². The number of ether oxygens (including phenoxy) is 1. The molecule has 1 nitrogen and oxygen atoms in total. The van der Waals surface area contributed by atoms with Gasteiger partial charge in [-0.05, 0) is 71.6 Å². The maximum Gasteiger partial charge on any atom is 0.119 e. The highest BCUT2D eigenvalue weighted by Gasteiger charge is 1.93. The second-order valence-electron chi connectivity index (χ2n) is 6.08. The average Bonchev–Trinajstić information content (AvgIpc) is 2.48. The van der Waals surface area contributed by atoms with Crippen molar-refractivity contribution in [2.45, 2.75) is 53.4 Å². The summed E-state index contributed by atoms with van der Waals surface area (Å²) in [5.74, 6) is 0.932. The lowest BCUT2D eigenvalue weighted by atomic mass is 10.1. The Balaban J connectivity index is 2.22. The Morgan fingerprint density at radius 1 is 0.818 bits per heavy atom. The first kappa shape index (κ1) is 18.3. The molecule has 0 aromatic heterocycles. The molecule has 0 aliphatic heterocycles. The van der Waals surface area contributed by atoms with E-state index in [1.165, 1.54) is 23.1 Å². The minimum absolute atomic E-state index is 0.652. The van der Waals surface area contributed by atoms with E-state index in [9.17, 15) is 0 Å². The number of hydrogen-bond donors (Lipinski definition) is 0. The molecule has 1 aromatic carbocycles. The molecule has 1 heteroatoms. The third kappa shape index (κ3) is 9.23. The third-order valence-electron chi connectivity index (χ3n) is 3.55. The van der Waals surface area contributed by atoms with Crippen molar-refractivity contribution in [3.05, 3.63) is 65.3 Å². The van der Waals surface area contributed by atoms with Gasteiger partial charge in [-0.15, -0.1) is 0 Å². The maximum absolute atomic E-state index is 5.68. The van der Waals surface area contributed by atoms with Crippen LogP contribution in [0.25, 0.3) is 0 Å². The summed E-state index contributed by atoms with van der Waals surface area (Å²) in [5.41, 5.74) is 4.29. The van der Waals surface area contributed by atoms with Crippen molar-refractivity contribution < 1.29 is 4.74 Å². The van der Waals surface area contributed by atoms with Gasteiger partial charge < -0.3 is 4.74 Å². The summed E-state index contributed by atoms with van der Waals surface area (Å²) in [6.07, 6.45) is 11.4. The molecular formula is C21H30O. The first-order chi connectivity index (χ1) is 10.6. The van der Waals surface area contributed by atoms with Crippen molar-refractivity contribution in [2.24, 2.45) is 0 Å². The van der Waals surface area contributed by atoms with Crippen LogP contribution in [-0.2, 0) is 0 Å². The van der Waals surface area contributed by atoms with Crippen LogP contribution in [0.2, 0.25) is 0 Å². The zero-order valence-corrected chi connectivity index (χ0v) is 14.6.